The molecule has 0 aliphatic heterocycles. The van der Waals surface area contributed by atoms with E-state index in [0.29, 0.717) is 28.1 Å². The monoisotopic (exact) mass is 1150 g/mol. The molecule has 0 fully saturated rings. The molecule has 88 heavy (non-hydrogen) atoms. The van der Waals surface area contributed by atoms with E-state index in [1.807, 2.05) is 28.7 Å². The third-order valence-electron chi connectivity index (χ3n) is 18.4. The fraction of sp³-hybridized carbons (Fsp3) is 0. The Morgan fingerprint density at radius 3 is 1.03 bits per heavy atom. The molecular formula is C80H44N6S2. The third kappa shape index (κ3) is 6.62. The zero-order valence-electron chi connectivity index (χ0n) is 46.9. The molecule has 0 aliphatic rings. The maximum absolute atomic E-state index is 12.7. The van der Waals surface area contributed by atoms with Crippen molar-refractivity contribution >= 4 is 150 Å². The van der Waals surface area contributed by atoms with Crippen molar-refractivity contribution in [3.63, 3.8) is 0 Å². The zero-order chi connectivity index (χ0) is 57.9. The predicted molar refractivity (Wildman–Crippen MR) is 370 cm³/mol. The van der Waals surface area contributed by atoms with Gasteiger partial charge in [0.15, 0.2) is 0 Å². The van der Waals surface area contributed by atoms with Crippen LogP contribution in [-0.4, -0.2) is 18.3 Å². The van der Waals surface area contributed by atoms with Gasteiger partial charge < -0.3 is 18.3 Å². The lowest BCUT2D eigenvalue weighted by Gasteiger charge is -2.25. The summed E-state index contributed by atoms with van der Waals surface area (Å²) in [6.45, 7) is 0. The molecule has 6 nitrogen and oxygen atoms in total. The van der Waals surface area contributed by atoms with Crippen LogP contribution < -0.4 is 0 Å². The van der Waals surface area contributed by atoms with Crippen molar-refractivity contribution in [1.82, 2.24) is 18.3 Å². The van der Waals surface area contributed by atoms with Crippen molar-refractivity contribution in [2.45, 2.75) is 0 Å². The van der Waals surface area contributed by atoms with E-state index in [-0.39, 0.29) is 0 Å². The Morgan fingerprint density at radius 1 is 0.261 bits per heavy atom. The second-order valence-corrected chi connectivity index (χ2v) is 24.9. The molecule has 13 aromatic carbocycles. The Morgan fingerprint density at radius 2 is 0.602 bits per heavy atom. The highest BCUT2D eigenvalue weighted by molar-refractivity contribution is 7.27. The Kier molecular flexibility index (Phi) is 10.3. The van der Waals surface area contributed by atoms with Crippen LogP contribution in [0, 0.1) is 22.7 Å². The minimum Gasteiger partial charge on any atom is -0.309 e. The Bertz CT molecular complexity index is 6100. The van der Waals surface area contributed by atoms with Gasteiger partial charge in [-0.2, -0.15) is 10.5 Å². The fourth-order valence-electron chi connectivity index (χ4n) is 14.9. The lowest BCUT2D eigenvalue weighted by atomic mass is 9.85. The summed E-state index contributed by atoms with van der Waals surface area (Å²) in [5, 5.41) is 38.9. The molecule has 0 unspecified atom stereocenters. The van der Waals surface area contributed by atoms with Crippen LogP contribution in [0.3, 0.4) is 0 Å². The topological polar surface area (TPSA) is 67.3 Å². The van der Waals surface area contributed by atoms with Crippen LogP contribution in [0.2, 0.25) is 0 Å². The molecule has 406 valence electrons. The van der Waals surface area contributed by atoms with Crippen LogP contribution in [0.1, 0.15) is 11.1 Å². The van der Waals surface area contributed by atoms with Gasteiger partial charge in [-0.25, -0.2) is 0 Å². The van der Waals surface area contributed by atoms with Crippen molar-refractivity contribution < 1.29 is 0 Å². The van der Waals surface area contributed by atoms with Gasteiger partial charge in [-0.15, -0.1) is 22.7 Å². The quantitative estimate of drug-likeness (QED) is 0.166. The first kappa shape index (κ1) is 48.8. The molecule has 0 saturated heterocycles. The van der Waals surface area contributed by atoms with E-state index in [4.69, 9.17) is 0 Å². The molecule has 0 aliphatic carbocycles. The first-order valence-electron chi connectivity index (χ1n) is 29.5. The van der Waals surface area contributed by atoms with E-state index in [0.717, 1.165) is 115 Å². The highest BCUT2D eigenvalue weighted by Gasteiger charge is 2.33. The molecular weight excluding hydrogens is 1110 g/mol. The Hall–Kier alpha value is -11.5. The summed E-state index contributed by atoms with van der Waals surface area (Å²) in [6.07, 6.45) is 0. The number of aromatic nitrogens is 4. The zero-order valence-corrected chi connectivity index (χ0v) is 48.5. The number of hydrogen-bond acceptors (Lipinski definition) is 4. The molecule has 0 bridgehead atoms. The number of para-hydroxylation sites is 6. The van der Waals surface area contributed by atoms with E-state index >= 15 is 0 Å². The lowest BCUT2D eigenvalue weighted by molar-refractivity contribution is 1.12. The number of nitrogens with zero attached hydrogens (tertiary/aromatic N) is 6. The second-order valence-electron chi connectivity index (χ2n) is 22.8. The van der Waals surface area contributed by atoms with Gasteiger partial charge in [0.1, 0.15) is 12.1 Å². The predicted octanol–water partition coefficient (Wildman–Crippen LogP) is 21.9. The van der Waals surface area contributed by atoms with E-state index in [1.165, 1.54) is 40.3 Å². The second kappa shape index (κ2) is 18.5. The first-order chi connectivity index (χ1) is 43.6. The summed E-state index contributed by atoms with van der Waals surface area (Å²) < 4.78 is 14.2. The van der Waals surface area contributed by atoms with Gasteiger partial charge >= 0.3 is 0 Å². The minimum absolute atomic E-state index is 0.403. The molecule has 0 spiro atoms. The fourth-order valence-corrected chi connectivity index (χ4v) is 17.4. The van der Waals surface area contributed by atoms with Crippen LogP contribution >= 0.6 is 22.7 Å². The number of fused-ring (bicyclic) bond motifs is 20. The highest BCUT2D eigenvalue weighted by Crippen LogP contribution is 2.53. The maximum Gasteiger partial charge on any atom is 0.102 e. The number of thiophene rings is 2. The Labute approximate surface area is 510 Å². The molecule has 0 radical (unpaired) electrons. The van der Waals surface area contributed by atoms with Crippen LogP contribution in [0.4, 0.5) is 0 Å². The first-order valence-corrected chi connectivity index (χ1v) is 31.2. The summed E-state index contributed by atoms with van der Waals surface area (Å²) in [5.74, 6) is 0. The molecule has 0 N–H and O–H groups in total. The van der Waals surface area contributed by atoms with E-state index in [1.54, 1.807) is 0 Å². The largest absolute Gasteiger partial charge is 0.309 e. The molecule has 6 aromatic heterocycles. The normalized spacial score (nSPS) is 12.1. The average Bonchev–Trinajstić information content (AvgIpc) is 2.20. The van der Waals surface area contributed by atoms with Gasteiger partial charge in [-0.05, 0) is 108 Å². The number of nitriles is 2. The van der Waals surface area contributed by atoms with E-state index in [2.05, 4.69) is 291 Å². The minimum atomic E-state index is 0.403. The van der Waals surface area contributed by atoms with Crippen LogP contribution in [0.25, 0.3) is 173 Å². The molecule has 0 amide bonds. The summed E-state index contributed by atoms with van der Waals surface area (Å²) >= 11 is 3.63. The van der Waals surface area contributed by atoms with Crippen molar-refractivity contribution in [3.05, 3.63) is 278 Å². The van der Waals surface area contributed by atoms with Gasteiger partial charge in [0.25, 0.3) is 0 Å². The van der Waals surface area contributed by atoms with Gasteiger partial charge in [-0.1, -0.05) is 170 Å². The number of benzene rings is 13. The molecule has 0 saturated carbocycles. The van der Waals surface area contributed by atoms with Crippen molar-refractivity contribution in [2.24, 2.45) is 0 Å². The standard InChI is InChI=1S/C80H44N6S2/c81-45-61-73(47-35-39-67-59(43-47)51-23-7-13-29-63(51)83(67)49-19-3-1-4-20-49)62(46-82)78(86-66-32-16-10-28-58(66)76-70(86)42-38-56-54-26-12-18-34-72(54)88-80(56)76)74(48-36-40-68-60(44-48)52-24-8-14-30-64(52)84(68)50-21-5-2-6-22-50)77(61)85-65-31-15-9-27-57(65)75-69(85)41-37-55-53-25-11-17-33-71(53)87-79(55)75/h1-44H. The van der Waals surface area contributed by atoms with E-state index < -0.39 is 0 Å². The molecule has 0 atom stereocenters. The average molecular weight is 1150 g/mol. The van der Waals surface area contributed by atoms with Crippen LogP contribution in [0.15, 0.2) is 267 Å². The van der Waals surface area contributed by atoms with Gasteiger partial charge in [-0.3, -0.25) is 0 Å². The van der Waals surface area contributed by atoms with Crippen molar-refractivity contribution in [2.75, 3.05) is 0 Å². The molecule has 19 rings (SSSR count). The Balaban J connectivity index is 1.05. The number of rotatable bonds is 6. The SMILES string of the molecule is N#Cc1c(-c2ccc3c(c2)c2ccccc2n3-c2ccccc2)c(C#N)c(-n2c3ccccc3c3c4sc5ccccc5c4ccc32)c(-c2ccc3c(c2)c2ccccc2n3-c2ccccc2)c1-n1c2ccccc2c2c3sc4ccccc4c3ccc21. The molecule has 19 aromatic rings. The van der Waals surface area contributed by atoms with Gasteiger partial charge in [0.2, 0.25) is 0 Å². The van der Waals surface area contributed by atoms with Crippen molar-refractivity contribution in [1.29, 1.82) is 10.5 Å². The van der Waals surface area contributed by atoms with Crippen molar-refractivity contribution in [3.8, 4) is 57.1 Å². The summed E-state index contributed by atoms with van der Waals surface area (Å²) in [5.41, 5.74) is 15.4. The highest BCUT2D eigenvalue weighted by atomic mass is 32.1. The van der Waals surface area contributed by atoms with Crippen LogP contribution in [-0.2, 0) is 0 Å². The summed E-state index contributed by atoms with van der Waals surface area (Å²) in [6, 6.07) is 101. The van der Waals surface area contributed by atoms with Gasteiger partial charge in [0, 0.05) is 106 Å². The lowest BCUT2D eigenvalue weighted by Crippen LogP contribution is -2.11. The summed E-state index contributed by atoms with van der Waals surface area (Å²) in [7, 11) is 0. The smallest absolute Gasteiger partial charge is 0.102 e. The molecule has 8 heteroatoms. The van der Waals surface area contributed by atoms with E-state index in [9.17, 15) is 10.5 Å². The van der Waals surface area contributed by atoms with Gasteiger partial charge in [0.05, 0.1) is 66.6 Å². The third-order valence-corrected chi connectivity index (χ3v) is 20.8. The maximum atomic E-state index is 12.7. The molecule has 6 heterocycles. The summed E-state index contributed by atoms with van der Waals surface area (Å²) in [4.78, 5) is 0. The van der Waals surface area contributed by atoms with Crippen LogP contribution in [0.5, 0.6) is 0 Å². The number of hydrogen-bond donors (Lipinski definition) is 0.